The predicted molar refractivity (Wildman–Crippen MR) is 76.4 cm³/mol. The van der Waals surface area contributed by atoms with Gasteiger partial charge in [0.05, 0.1) is 21.8 Å². The summed E-state index contributed by atoms with van der Waals surface area (Å²) in [5.41, 5.74) is 0. The molecule has 0 aliphatic heterocycles. The third kappa shape index (κ3) is 3.14. The van der Waals surface area contributed by atoms with Crippen LogP contribution < -0.4 is 4.74 Å². The number of benzene rings is 2. The maximum Gasteiger partial charge on any atom is 0.294 e. The fraction of sp³-hybridized carbons (Fsp3) is 0.167. The largest absolute Gasteiger partial charge is 0.507 e. The van der Waals surface area contributed by atoms with Gasteiger partial charge in [0.15, 0.2) is 0 Å². The van der Waals surface area contributed by atoms with Gasteiger partial charge in [-0.15, -0.1) is 0 Å². The van der Waals surface area contributed by atoms with Crippen LogP contribution in [0.15, 0.2) is 34.1 Å². The Morgan fingerprint density at radius 2 is 1.45 bits per heavy atom. The van der Waals surface area contributed by atoms with Gasteiger partial charge in [-0.3, -0.25) is 9.11 Å². The van der Waals surface area contributed by atoms with Gasteiger partial charge >= 0.3 is 0 Å². The van der Waals surface area contributed by atoms with Crippen molar-refractivity contribution in [2.75, 3.05) is 6.61 Å². The van der Waals surface area contributed by atoms with Crippen LogP contribution in [0.3, 0.4) is 0 Å². The summed E-state index contributed by atoms with van der Waals surface area (Å²) in [4.78, 5) is -1.15. The number of hydrogen-bond acceptors (Lipinski definition) is 6. The van der Waals surface area contributed by atoms with Crippen molar-refractivity contribution >= 4 is 31.0 Å². The van der Waals surface area contributed by atoms with Crippen molar-refractivity contribution in [2.45, 2.75) is 16.7 Å². The molecular weight excluding hydrogens is 336 g/mol. The Hall–Kier alpha value is -1.88. The van der Waals surface area contributed by atoms with Crippen LogP contribution in [0.5, 0.6) is 11.5 Å². The molecule has 0 spiro atoms. The molecule has 10 heteroatoms. The molecule has 2 rings (SSSR count). The summed E-state index contributed by atoms with van der Waals surface area (Å²) in [7, 11) is -9.17. The van der Waals surface area contributed by atoms with E-state index in [2.05, 4.69) is 0 Å². The minimum absolute atomic E-state index is 0.0359. The minimum atomic E-state index is -4.60. The van der Waals surface area contributed by atoms with E-state index in [1.54, 1.807) is 6.92 Å². The van der Waals surface area contributed by atoms with Crippen molar-refractivity contribution in [1.29, 1.82) is 0 Å². The van der Waals surface area contributed by atoms with Gasteiger partial charge in [-0.1, -0.05) is 0 Å². The van der Waals surface area contributed by atoms with Crippen LogP contribution in [0, 0.1) is 0 Å². The molecule has 0 fully saturated rings. The highest BCUT2D eigenvalue weighted by atomic mass is 32.2. The molecule has 120 valence electrons. The zero-order valence-corrected chi connectivity index (χ0v) is 12.8. The van der Waals surface area contributed by atoms with Gasteiger partial charge in [-0.25, -0.2) is 0 Å². The molecule has 2 aromatic rings. The smallest absolute Gasteiger partial charge is 0.294 e. The van der Waals surface area contributed by atoms with E-state index in [9.17, 15) is 21.9 Å². The molecule has 0 bridgehead atoms. The number of rotatable bonds is 4. The van der Waals surface area contributed by atoms with Gasteiger partial charge < -0.3 is 9.84 Å². The Balaban J connectivity index is 2.94. The highest BCUT2D eigenvalue weighted by molar-refractivity contribution is 7.86. The number of phenolic OH excluding ortho intramolecular Hbond substituents is 1. The number of aromatic hydroxyl groups is 1. The van der Waals surface area contributed by atoms with Gasteiger partial charge in [0.2, 0.25) is 0 Å². The summed E-state index contributed by atoms with van der Waals surface area (Å²) in [6, 6.07) is 3.74. The second kappa shape index (κ2) is 5.39. The van der Waals surface area contributed by atoms with E-state index in [1.165, 1.54) is 0 Å². The van der Waals surface area contributed by atoms with Gasteiger partial charge in [-0.05, 0) is 24.4 Å². The third-order valence-corrected chi connectivity index (χ3v) is 4.50. The second-order valence-corrected chi connectivity index (χ2v) is 7.19. The van der Waals surface area contributed by atoms with Gasteiger partial charge in [-0.2, -0.15) is 16.8 Å². The lowest BCUT2D eigenvalue weighted by molar-refractivity contribution is 0.342. The topological polar surface area (TPSA) is 138 Å². The summed E-state index contributed by atoms with van der Waals surface area (Å²) in [5, 5.41) is 9.97. The summed E-state index contributed by atoms with van der Waals surface area (Å²) in [6.07, 6.45) is 0. The van der Waals surface area contributed by atoms with Crippen LogP contribution in [-0.2, 0) is 20.2 Å². The molecule has 0 heterocycles. The van der Waals surface area contributed by atoms with Crippen molar-refractivity contribution < 1.29 is 35.8 Å². The van der Waals surface area contributed by atoms with E-state index in [1.807, 2.05) is 0 Å². The maximum absolute atomic E-state index is 11.3. The molecule has 0 aromatic heterocycles. The fourth-order valence-corrected chi connectivity index (χ4v) is 3.04. The zero-order chi connectivity index (χ0) is 16.7. The number of hydrogen-bond donors (Lipinski definition) is 3. The summed E-state index contributed by atoms with van der Waals surface area (Å²) in [5.74, 6) is -0.567. The molecule has 2 aromatic carbocycles. The molecule has 22 heavy (non-hydrogen) atoms. The van der Waals surface area contributed by atoms with E-state index in [4.69, 9.17) is 13.8 Å². The van der Waals surface area contributed by atoms with E-state index < -0.39 is 35.8 Å². The monoisotopic (exact) mass is 348 g/mol. The molecule has 0 amide bonds. The van der Waals surface area contributed by atoms with Crippen LogP contribution in [0.2, 0.25) is 0 Å². The summed E-state index contributed by atoms with van der Waals surface area (Å²) in [6.45, 7) is 1.76. The Labute approximate surface area is 126 Å². The Kier molecular flexibility index (Phi) is 4.04. The van der Waals surface area contributed by atoms with Crippen molar-refractivity contribution in [3.05, 3.63) is 24.3 Å². The lowest BCUT2D eigenvalue weighted by Crippen LogP contribution is -2.02. The van der Waals surface area contributed by atoms with Crippen molar-refractivity contribution in [2.24, 2.45) is 0 Å². The van der Waals surface area contributed by atoms with Crippen LogP contribution in [0.1, 0.15) is 6.92 Å². The lowest BCUT2D eigenvalue weighted by Gasteiger charge is -2.12. The quantitative estimate of drug-likeness (QED) is 0.706. The standard InChI is InChI=1S/C12H12O8S2/c1-2-20-11-6-9(22(17,18)19)4-7-3-8(21(14,15)16)5-10(13)12(7)11/h3-6,13H,2H2,1H3,(H,14,15,16)(H,17,18,19). The molecular formula is C12H12O8S2. The van der Waals surface area contributed by atoms with Crippen LogP contribution in [-0.4, -0.2) is 37.7 Å². The van der Waals surface area contributed by atoms with Crippen molar-refractivity contribution in [3.8, 4) is 11.5 Å². The lowest BCUT2D eigenvalue weighted by atomic mass is 10.1. The molecule has 0 aliphatic rings. The van der Waals surface area contributed by atoms with Crippen molar-refractivity contribution in [1.82, 2.24) is 0 Å². The maximum atomic E-state index is 11.3. The molecule has 0 unspecified atom stereocenters. The number of fused-ring (bicyclic) bond motifs is 1. The molecule has 0 saturated heterocycles. The van der Waals surface area contributed by atoms with E-state index in [-0.39, 0.29) is 23.1 Å². The molecule has 8 nitrogen and oxygen atoms in total. The average Bonchev–Trinajstić information content (AvgIpc) is 2.36. The minimum Gasteiger partial charge on any atom is -0.507 e. The highest BCUT2D eigenvalue weighted by Gasteiger charge is 2.20. The Morgan fingerprint density at radius 3 is 1.91 bits per heavy atom. The molecule has 3 N–H and O–H groups in total. The predicted octanol–water partition coefficient (Wildman–Crippen LogP) is 1.44. The van der Waals surface area contributed by atoms with Crippen LogP contribution in [0.4, 0.5) is 0 Å². The first-order valence-electron chi connectivity index (χ1n) is 5.92. The number of phenols is 1. The average molecular weight is 348 g/mol. The van der Waals surface area contributed by atoms with E-state index in [0.29, 0.717) is 0 Å². The summed E-state index contributed by atoms with van der Waals surface area (Å²) >= 11 is 0. The van der Waals surface area contributed by atoms with Gasteiger partial charge in [0.1, 0.15) is 11.5 Å². The molecule has 0 aliphatic carbocycles. The molecule has 0 radical (unpaired) electrons. The SMILES string of the molecule is CCOc1cc(S(=O)(=O)O)cc2cc(S(=O)(=O)O)cc(O)c12. The van der Waals surface area contributed by atoms with Gasteiger partial charge in [0, 0.05) is 12.1 Å². The Morgan fingerprint density at radius 1 is 0.955 bits per heavy atom. The first-order valence-corrected chi connectivity index (χ1v) is 8.80. The number of ether oxygens (including phenoxy) is 1. The Bertz CT molecular complexity index is 939. The van der Waals surface area contributed by atoms with Crippen LogP contribution >= 0.6 is 0 Å². The molecule has 0 atom stereocenters. The first kappa shape index (κ1) is 16.5. The molecule has 0 saturated carbocycles. The van der Waals surface area contributed by atoms with E-state index in [0.717, 1.165) is 24.3 Å². The van der Waals surface area contributed by atoms with Gasteiger partial charge in [0.25, 0.3) is 20.2 Å². The third-order valence-electron chi connectivity index (χ3n) is 2.83. The van der Waals surface area contributed by atoms with Crippen LogP contribution in [0.25, 0.3) is 10.8 Å². The summed E-state index contributed by atoms with van der Waals surface area (Å²) < 4.78 is 68.2. The van der Waals surface area contributed by atoms with E-state index >= 15 is 0 Å². The normalized spacial score (nSPS) is 12.5. The zero-order valence-electron chi connectivity index (χ0n) is 11.2. The fourth-order valence-electron chi connectivity index (χ4n) is 1.97. The van der Waals surface area contributed by atoms with Crippen molar-refractivity contribution in [3.63, 3.8) is 0 Å². The second-order valence-electron chi connectivity index (χ2n) is 4.35. The first-order chi connectivity index (χ1) is 10.0. The highest BCUT2D eigenvalue weighted by Crippen LogP contribution is 2.37.